The lowest BCUT2D eigenvalue weighted by Gasteiger charge is -2.59. The Morgan fingerprint density at radius 2 is 1.79 bits per heavy atom. The molecule has 34 heavy (non-hydrogen) atoms. The zero-order valence-corrected chi connectivity index (χ0v) is 18.8. The van der Waals surface area contributed by atoms with E-state index in [2.05, 4.69) is 4.98 Å². The lowest BCUT2D eigenvalue weighted by Crippen LogP contribution is -2.81. The van der Waals surface area contributed by atoms with E-state index in [4.69, 9.17) is 11.6 Å². The normalized spacial score (nSPS) is 18.9. The third kappa shape index (κ3) is 3.87. The van der Waals surface area contributed by atoms with Crippen LogP contribution in [0, 0.1) is 5.82 Å². The molecule has 1 atom stereocenters. The van der Waals surface area contributed by atoms with Crippen molar-refractivity contribution in [2.75, 3.05) is 24.5 Å². The Morgan fingerprint density at radius 1 is 1.18 bits per heavy atom. The number of alkyl halides is 3. The van der Waals surface area contributed by atoms with E-state index in [9.17, 15) is 31.9 Å². The zero-order chi connectivity index (χ0) is 25.0. The number of carbonyl (C=O) groups is 3. The molecule has 0 aliphatic carbocycles. The summed E-state index contributed by atoms with van der Waals surface area (Å²) in [6.45, 7) is 2.09. The van der Waals surface area contributed by atoms with Gasteiger partial charge in [0.05, 0.1) is 29.7 Å². The lowest BCUT2D eigenvalue weighted by atomic mass is 9.81. The monoisotopic (exact) mass is 498 g/mol. The molecular formula is C22H19ClF4N4O3. The van der Waals surface area contributed by atoms with E-state index in [1.54, 1.807) is 6.92 Å². The summed E-state index contributed by atoms with van der Waals surface area (Å²) in [7, 11) is 0. The van der Waals surface area contributed by atoms with Crippen molar-refractivity contribution >= 4 is 35.1 Å². The molecule has 1 aromatic carbocycles. The number of hydrogen-bond acceptors (Lipinski definition) is 4. The molecular weight excluding hydrogens is 480 g/mol. The number of piperazine rings is 1. The summed E-state index contributed by atoms with van der Waals surface area (Å²) in [4.78, 5) is 46.2. The number of anilines is 1. The summed E-state index contributed by atoms with van der Waals surface area (Å²) in [5, 5.41) is 0.00991. The predicted molar refractivity (Wildman–Crippen MR) is 113 cm³/mol. The van der Waals surface area contributed by atoms with E-state index >= 15 is 0 Å². The first-order valence-electron chi connectivity index (χ1n) is 10.2. The van der Waals surface area contributed by atoms with Crippen LogP contribution in [0.3, 0.4) is 0 Å². The molecule has 1 unspecified atom stereocenters. The Hall–Kier alpha value is -3.21. The van der Waals surface area contributed by atoms with Gasteiger partial charge in [-0.05, 0) is 30.7 Å². The van der Waals surface area contributed by atoms with Crippen molar-refractivity contribution < 1.29 is 31.9 Å². The van der Waals surface area contributed by atoms with Gasteiger partial charge in [0.25, 0.3) is 5.91 Å². The lowest BCUT2D eigenvalue weighted by molar-refractivity contribution is -0.172. The maximum atomic E-state index is 14.5. The second kappa shape index (κ2) is 8.23. The summed E-state index contributed by atoms with van der Waals surface area (Å²) in [5.41, 5.74) is -1.99. The number of carbonyl (C=O) groups excluding carboxylic acids is 3. The quantitative estimate of drug-likeness (QED) is 0.608. The predicted octanol–water partition coefficient (Wildman–Crippen LogP) is 3.43. The standard InChI is InChI=1S/C22H19ClF4N4O3/c1-12(14-3-5-15(6-4-14)22(25,26)27)31-18(33)9-30(19-17(24)7-16(23)8-28-19)20(34)21(31)10-29(11-21)13(2)32/h3-8,12H,9-11H2,1-2H3. The molecule has 2 fully saturated rings. The van der Waals surface area contributed by atoms with Crippen molar-refractivity contribution in [1.82, 2.24) is 14.8 Å². The van der Waals surface area contributed by atoms with Gasteiger partial charge >= 0.3 is 6.18 Å². The van der Waals surface area contributed by atoms with Crippen molar-refractivity contribution in [3.05, 3.63) is 58.5 Å². The summed E-state index contributed by atoms with van der Waals surface area (Å²) >= 11 is 5.75. The van der Waals surface area contributed by atoms with Crippen LogP contribution in [0.1, 0.15) is 31.0 Å². The molecule has 12 heteroatoms. The van der Waals surface area contributed by atoms with Crippen LogP contribution in [0.2, 0.25) is 5.02 Å². The highest BCUT2D eigenvalue weighted by molar-refractivity contribution is 6.30. The van der Waals surface area contributed by atoms with Crippen LogP contribution in [-0.2, 0) is 20.6 Å². The number of pyridine rings is 1. The second-order valence-corrected chi connectivity index (χ2v) is 8.75. The average molecular weight is 499 g/mol. The van der Waals surface area contributed by atoms with Crippen LogP contribution in [0.15, 0.2) is 36.5 Å². The Bertz CT molecular complexity index is 1170. The minimum atomic E-state index is -4.52. The number of amides is 3. The van der Waals surface area contributed by atoms with Crippen molar-refractivity contribution in [3.63, 3.8) is 0 Å². The van der Waals surface area contributed by atoms with Gasteiger partial charge in [-0.1, -0.05) is 23.7 Å². The highest BCUT2D eigenvalue weighted by Crippen LogP contribution is 2.41. The number of benzene rings is 1. The van der Waals surface area contributed by atoms with Crippen LogP contribution in [0.4, 0.5) is 23.4 Å². The van der Waals surface area contributed by atoms with Gasteiger partial charge in [-0.3, -0.25) is 19.3 Å². The number of hydrogen-bond donors (Lipinski definition) is 0. The van der Waals surface area contributed by atoms with Gasteiger partial charge in [-0.2, -0.15) is 13.2 Å². The molecule has 3 heterocycles. The van der Waals surface area contributed by atoms with Crippen molar-refractivity contribution in [2.24, 2.45) is 0 Å². The van der Waals surface area contributed by atoms with Gasteiger partial charge in [0.1, 0.15) is 6.54 Å². The van der Waals surface area contributed by atoms with Crippen molar-refractivity contribution in [1.29, 1.82) is 0 Å². The Morgan fingerprint density at radius 3 is 2.32 bits per heavy atom. The Labute approximate surface area is 196 Å². The molecule has 3 amide bonds. The molecule has 2 aromatic rings. The van der Waals surface area contributed by atoms with Gasteiger partial charge in [-0.15, -0.1) is 0 Å². The van der Waals surface area contributed by atoms with Crippen LogP contribution < -0.4 is 4.90 Å². The fraction of sp³-hybridized carbons (Fsp3) is 0.364. The number of rotatable bonds is 3. The highest BCUT2D eigenvalue weighted by Gasteiger charge is 2.62. The molecule has 7 nitrogen and oxygen atoms in total. The van der Waals surface area contributed by atoms with Crippen LogP contribution in [0.5, 0.6) is 0 Å². The van der Waals surface area contributed by atoms with Gasteiger partial charge in [0.2, 0.25) is 11.8 Å². The second-order valence-electron chi connectivity index (χ2n) is 8.32. The largest absolute Gasteiger partial charge is 0.416 e. The van der Waals surface area contributed by atoms with Crippen LogP contribution in [-0.4, -0.2) is 57.7 Å². The number of halogens is 5. The van der Waals surface area contributed by atoms with E-state index in [-0.39, 0.29) is 29.8 Å². The average Bonchev–Trinajstić information content (AvgIpc) is 2.72. The Balaban J connectivity index is 1.72. The molecule has 180 valence electrons. The van der Waals surface area contributed by atoms with Crippen LogP contribution >= 0.6 is 11.6 Å². The minimum absolute atomic E-state index is 0.00991. The topological polar surface area (TPSA) is 73.8 Å². The molecule has 2 aliphatic heterocycles. The fourth-order valence-electron chi connectivity index (χ4n) is 4.44. The summed E-state index contributed by atoms with van der Waals surface area (Å²) in [6.07, 6.45) is -3.38. The van der Waals surface area contributed by atoms with E-state index in [1.807, 2.05) is 0 Å². The first-order chi connectivity index (χ1) is 15.8. The first kappa shape index (κ1) is 23.9. The van der Waals surface area contributed by atoms with E-state index in [0.717, 1.165) is 29.3 Å². The van der Waals surface area contributed by atoms with Gasteiger partial charge < -0.3 is 9.80 Å². The van der Waals surface area contributed by atoms with Gasteiger partial charge in [0, 0.05) is 13.1 Å². The third-order valence-corrected chi connectivity index (χ3v) is 6.38. The molecule has 4 rings (SSSR count). The molecule has 1 aromatic heterocycles. The van der Waals surface area contributed by atoms with Crippen molar-refractivity contribution in [3.8, 4) is 0 Å². The molecule has 1 spiro atoms. The van der Waals surface area contributed by atoms with Gasteiger partial charge in [0.15, 0.2) is 17.2 Å². The van der Waals surface area contributed by atoms with E-state index in [1.165, 1.54) is 28.9 Å². The first-order valence-corrected chi connectivity index (χ1v) is 10.6. The molecule has 0 radical (unpaired) electrons. The van der Waals surface area contributed by atoms with Gasteiger partial charge in [-0.25, -0.2) is 9.37 Å². The Kier molecular flexibility index (Phi) is 5.79. The zero-order valence-electron chi connectivity index (χ0n) is 18.1. The SMILES string of the molecule is CC(=O)N1CC2(C1)C(=O)N(c1ncc(Cl)cc1F)CC(=O)N2C(C)c1ccc(C(F)(F)F)cc1. The summed E-state index contributed by atoms with van der Waals surface area (Å²) < 4.78 is 53.4. The van der Waals surface area contributed by atoms with Crippen molar-refractivity contribution in [2.45, 2.75) is 31.6 Å². The molecule has 2 saturated heterocycles. The minimum Gasteiger partial charge on any atom is -0.337 e. The smallest absolute Gasteiger partial charge is 0.337 e. The summed E-state index contributed by atoms with van der Waals surface area (Å²) in [5.74, 6) is -2.79. The number of aromatic nitrogens is 1. The maximum Gasteiger partial charge on any atom is 0.416 e. The maximum absolute atomic E-state index is 14.5. The van der Waals surface area contributed by atoms with Crippen LogP contribution in [0.25, 0.3) is 0 Å². The fourth-order valence-corrected chi connectivity index (χ4v) is 4.58. The molecule has 0 bridgehead atoms. The van der Waals surface area contributed by atoms with E-state index in [0.29, 0.717) is 5.56 Å². The van der Waals surface area contributed by atoms with E-state index < -0.39 is 47.5 Å². The summed E-state index contributed by atoms with van der Waals surface area (Å²) in [6, 6.07) is 4.46. The third-order valence-electron chi connectivity index (χ3n) is 6.17. The highest BCUT2D eigenvalue weighted by atomic mass is 35.5. The molecule has 2 aliphatic rings. The molecule has 0 N–H and O–H groups in total. The molecule has 0 saturated carbocycles. The number of likely N-dealkylation sites (tertiary alicyclic amines) is 1. The number of nitrogens with zero attached hydrogens (tertiary/aromatic N) is 4.